The molecule has 15 heavy (non-hydrogen) atoms. The summed E-state index contributed by atoms with van der Waals surface area (Å²) in [5, 5.41) is 5.79. The van der Waals surface area contributed by atoms with Crippen molar-refractivity contribution in [2.24, 2.45) is 0 Å². The number of hydrogen-bond donors (Lipinski definition) is 1. The fourth-order valence-electron chi connectivity index (χ4n) is 1.87. The zero-order valence-electron chi connectivity index (χ0n) is 8.35. The Morgan fingerprint density at radius 3 is 3.07 bits per heavy atom. The van der Waals surface area contributed by atoms with Gasteiger partial charge in [0, 0.05) is 12.7 Å². The molecule has 0 saturated heterocycles. The maximum absolute atomic E-state index is 11.6. The van der Waals surface area contributed by atoms with Crippen molar-refractivity contribution in [2.75, 3.05) is 12.1 Å². The lowest BCUT2D eigenvalue weighted by Gasteiger charge is -2.23. The molecule has 0 bridgehead atoms. The van der Waals surface area contributed by atoms with Gasteiger partial charge in [-0.15, -0.1) is 0 Å². The molecule has 0 atom stereocenters. The van der Waals surface area contributed by atoms with Crippen LogP contribution in [0.25, 0.3) is 5.52 Å². The molecule has 0 fully saturated rings. The van der Waals surface area contributed by atoms with E-state index in [1.54, 1.807) is 16.6 Å². The first-order chi connectivity index (χ1) is 7.18. The van der Waals surface area contributed by atoms with Crippen LogP contribution in [0, 0.1) is 6.92 Å². The second-order valence-corrected chi connectivity index (χ2v) is 3.54. The normalized spacial score (nSPS) is 14.5. The largest absolute Gasteiger partial charge is 0.290 e. The van der Waals surface area contributed by atoms with Crippen molar-refractivity contribution in [3.05, 3.63) is 23.8 Å². The third-order valence-electron chi connectivity index (χ3n) is 2.56. The molecule has 0 saturated carbocycles. The maximum Gasteiger partial charge on any atom is 0.290 e. The molecule has 6 heteroatoms. The number of amides is 1. The van der Waals surface area contributed by atoms with Crippen LogP contribution in [0.3, 0.4) is 0 Å². The van der Waals surface area contributed by atoms with E-state index in [4.69, 9.17) is 0 Å². The summed E-state index contributed by atoms with van der Waals surface area (Å²) in [6.45, 7) is 1.94. The van der Waals surface area contributed by atoms with Gasteiger partial charge >= 0.3 is 0 Å². The lowest BCUT2D eigenvalue weighted by Crippen LogP contribution is -2.42. The summed E-state index contributed by atoms with van der Waals surface area (Å²) in [5.41, 5.74) is 5.78. The van der Waals surface area contributed by atoms with Gasteiger partial charge in [0.1, 0.15) is 11.8 Å². The standard InChI is InChI=1S/C9H9N5O/c1-5-3-6-8-7(9(15)12-13(6)2)10-4-11-14(5)8/h3-4H,1-2H3,(H,12,15). The van der Waals surface area contributed by atoms with Gasteiger partial charge in [-0.05, 0) is 13.0 Å². The molecule has 1 N–H and O–H groups in total. The Kier molecular flexibility index (Phi) is 1.35. The van der Waals surface area contributed by atoms with Crippen molar-refractivity contribution in [3.63, 3.8) is 0 Å². The van der Waals surface area contributed by atoms with Crippen molar-refractivity contribution in [2.45, 2.75) is 6.92 Å². The predicted molar refractivity (Wildman–Crippen MR) is 53.6 cm³/mol. The summed E-state index contributed by atoms with van der Waals surface area (Å²) < 4.78 is 1.73. The average molecular weight is 203 g/mol. The van der Waals surface area contributed by atoms with E-state index >= 15 is 0 Å². The zero-order chi connectivity index (χ0) is 10.6. The highest BCUT2D eigenvalue weighted by atomic mass is 16.2. The van der Waals surface area contributed by atoms with Gasteiger partial charge in [0.25, 0.3) is 5.91 Å². The number of aryl methyl sites for hydroxylation is 1. The highest BCUT2D eigenvalue weighted by Crippen LogP contribution is 2.28. The maximum atomic E-state index is 11.6. The highest BCUT2D eigenvalue weighted by Gasteiger charge is 2.25. The molecular formula is C9H9N5O. The Morgan fingerprint density at radius 2 is 2.27 bits per heavy atom. The molecule has 0 unspecified atom stereocenters. The van der Waals surface area contributed by atoms with Crippen molar-refractivity contribution < 1.29 is 4.79 Å². The van der Waals surface area contributed by atoms with E-state index in [-0.39, 0.29) is 5.91 Å². The third-order valence-corrected chi connectivity index (χ3v) is 2.56. The number of rotatable bonds is 0. The summed E-state index contributed by atoms with van der Waals surface area (Å²) in [6.07, 6.45) is 1.39. The van der Waals surface area contributed by atoms with Gasteiger partial charge in [0.2, 0.25) is 0 Å². The number of carbonyl (C=O) groups excluding carboxylic acids is 1. The number of nitrogens with zero attached hydrogens (tertiary/aromatic N) is 4. The molecule has 3 heterocycles. The molecule has 0 spiro atoms. The van der Waals surface area contributed by atoms with Crippen molar-refractivity contribution in [1.82, 2.24) is 20.0 Å². The fourth-order valence-corrected chi connectivity index (χ4v) is 1.87. The minimum absolute atomic E-state index is 0.199. The molecule has 3 rings (SSSR count). The van der Waals surface area contributed by atoms with Crippen LogP contribution in [0.4, 0.5) is 5.69 Å². The van der Waals surface area contributed by atoms with Crippen LogP contribution in [-0.2, 0) is 0 Å². The van der Waals surface area contributed by atoms with E-state index in [9.17, 15) is 4.79 Å². The number of hydrogen-bond acceptors (Lipinski definition) is 4. The summed E-state index contributed by atoms with van der Waals surface area (Å²) >= 11 is 0. The predicted octanol–water partition coefficient (Wildman–Crippen LogP) is 0.132. The Balaban J connectivity index is 2.51. The van der Waals surface area contributed by atoms with Gasteiger partial charge in [0.05, 0.1) is 5.69 Å². The first-order valence-corrected chi connectivity index (χ1v) is 4.56. The van der Waals surface area contributed by atoms with Crippen LogP contribution in [0.2, 0.25) is 0 Å². The molecule has 76 valence electrons. The van der Waals surface area contributed by atoms with Crippen molar-refractivity contribution in [3.8, 4) is 0 Å². The molecule has 2 aromatic rings. The second-order valence-electron chi connectivity index (χ2n) is 3.54. The zero-order valence-corrected chi connectivity index (χ0v) is 8.35. The first-order valence-electron chi connectivity index (χ1n) is 4.56. The van der Waals surface area contributed by atoms with Gasteiger partial charge in [-0.3, -0.25) is 15.2 Å². The lowest BCUT2D eigenvalue weighted by molar-refractivity contribution is 0.0944. The molecule has 0 aromatic carbocycles. The minimum Gasteiger partial charge on any atom is -0.286 e. The number of anilines is 1. The van der Waals surface area contributed by atoms with Crippen LogP contribution in [-0.4, -0.2) is 27.6 Å². The van der Waals surface area contributed by atoms with Gasteiger partial charge in [-0.2, -0.15) is 5.10 Å². The van der Waals surface area contributed by atoms with Crippen LogP contribution in [0.5, 0.6) is 0 Å². The summed E-state index contributed by atoms with van der Waals surface area (Å²) in [5.74, 6) is -0.199. The van der Waals surface area contributed by atoms with Gasteiger partial charge in [-0.1, -0.05) is 0 Å². The average Bonchev–Trinajstić information content (AvgIpc) is 2.55. The summed E-state index contributed by atoms with van der Waals surface area (Å²) in [7, 11) is 1.79. The molecule has 1 aliphatic rings. The SMILES string of the molecule is Cc1cc2c3c(ncnn13)C(=O)NN2C. The number of nitrogens with one attached hydrogen (secondary N) is 1. The van der Waals surface area contributed by atoms with Crippen LogP contribution < -0.4 is 10.4 Å². The van der Waals surface area contributed by atoms with Gasteiger partial charge in [0.15, 0.2) is 5.69 Å². The molecule has 0 aliphatic carbocycles. The van der Waals surface area contributed by atoms with E-state index in [1.807, 2.05) is 13.0 Å². The summed E-state index contributed by atoms with van der Waals surface area (Å²) in [4.78, 5) is 15.6. The van der Waals surface area contributed by atoms with Gasteiger partial charge < -0.3 is 0 Å². The topological polar surface area (TPSA) is 62.5 Å². The Hall–Kier alpha value is -2.11. The fraction of sp³-hybridized carbons (Fsp3) is 0.222. The molecule has 1 aliphatic heterocycles. The van der Waals surface area contributed by atoms with E-state index in [1.165, 1.54) is 6.33 Å². The molecule has 6 nitrogen and oxygen atoms in total. The summed E-state index contributed by atoms with van der Waals surface area (Å²) in [6, 6.07) is 1.97. The number of carbonyl (C=O) groups is 1. The monoisotopic (exact) mass is 203 g/mol. The highest BCUT2D eigenvalue weighted by molar-refractivity contribution is 6.06. The van der Waals surface area contributed by atoms with Crippen LogP contribution >= 0.6 is 0 Å². The minimum atomic E-state index is -0.199. The van der Waals surface area contributed by atoms with Crippen LogP contribution in [0.15, 0.2) is 12.4 Å². The van der Waals surface area contributed by atoms with E-state index in [0.29, 0.717) is 5.69 Å². The molecule has 0 radical (unpaired) electrons. The lowest BCUT2D eigenvalue weighted by atomic mass is 10.2. The second kappa shape index (κ2) is 2.47. The first kappa shape index (κ1) is 8.22. The third kappa shape index (κ3) is 0.903. The molecule has 2 aromatic heterocycles. The quantitative estimate of drug-likeness (QED) is 0.661. The smallest absolute Gasteiger partial charge is 0.286 e. The van der Waals surface area contributed by atoms with E-state index < -0.39 is 0 Å². The molecular weight excluding hydrogens is 194 g/mol. The Bertz CT molecular complexity index is 573. The van der Waals surface area contributed by atoms with Crippen LogP contribution in [0.1, 0.15) is 16.2 Å². The van der Waals surface area contributed by atoms with E-state index in [0.717, 1.165) is 16.9 Å². The molecule has 1 amide bonds. The Morgan fingerprint density at radius 1 is 1.47 bits per heavy atom. The van der Waals surface area contributed by atoms with Gasteiger partial charge in [-0.25, -0.2) is 9.50 Å². The Labute approximate surface area is 85.5 Å². The van der Waals surface area contributed by atoms with E-state index in [2.05, 4.69) is 15.5 Å². The van der Waals surface area contributed by atoms with Crippen molar-refractivity contribution in [1.29, 1.82) is 0 Å². The van der Waals surface area contributed by atoms with Crippen molar-refractivity contribution >= 4 is 17.1 Å². The number of aromatic nitrogens is 3. The number of hydrazine groups is 1.